The maximum Gasteiger partial charge on any atom is 0.433 e. The van der Waals surface area contributed by atoms with Gasteiger partial charge in [-0.25, -0.2) is 4.98 Å². The average molecular weight is 280 g/mol. The van der Waals surface area contributed by atoms with Crippen molar-refractivity contribution in [3.05, 3.63) is 47.7 Å². The van der Waals surface area contributed by atoms with Crippen molar-refractivity contribution in [3.63, 3.8) is 0 Å². The third-order valence-electron chi connectivity index (χ3n) is 2.72. The van der Waals surface area contributed by atoms with Gasteiger partial charge in [0.2, 0.25) is 0 Å². The molecule has 0 N–H and O–H groups in total. The van der Waals surface area contributed by atoms with Crippen molar-refractivity contribution in [3.8, 4) is 11.1 Å². The van der Waals surface area contributed by atoms with E-state index in [9.17, 15) is 13.2 Å². The minimum Gasteiger partial charge on any atom is -0.251 e. The van der Waals surface area contributed by atoms with E-state index in [1.165, 1.54) is 23.6 Å². The number of rotatable bonds is 1. The number of hydrogen-bond acceptors (Lipinski definition) is 3. The van der Waals surface area contributed by atoms with Crippen LogP contribution in [0.3, 0.4) is 0 Å². The summed E-state index contributed by atoms with van der Waals surface area (Å²) in [5.74, 6) is 0. The first-order valence-corrected chi connectivity index (χ1v) is 6.29. The Hall–Kier alpha value is -1.95. The number of halogens is 3. The van der Waals surface area contributed by atoms with E-state index in [2.05, 4.69) is 9.97 Å². The van der Waals surface area contributed by atoms with Crippen LogP contribution in [0.4, 0.5) is 13.2 Å². The molecule has 0 fully saturated rings. The molecular formula is C13H7F3N2S. The Balaban J connectivity index is 2.01. The van der Waals surface area contributed by atoms with Gasteiger partial charge in [-0.1, -0.05) is 12.1 Å². The number of hydrogen-bond donors (Lipinski definition) is 0. The summed E-state index contributed by atoms with van der Waals surface area (Å²) in [6.07, 6.45) is -3.17. The largest absolute Gasteiger partial charge is 0.433 e. The van der Waals surface area contributed by atoms with E-state index in [0.29, 0.717) is 5.56 Å². The Labute approximate surface area is 110 Å². The second-order valence-corrected chi connectivity index (χ2v) is 4.85. The number of aromatic nitrogens is 2. The summed E-state index contributed by atoms with van der Waals surface area (Å²) < 4.78 is 38.3. The minimum absolute atomic E-state index is 0.642. The van der Waals surface area contributed by atoms with E-state index in [-0.39, 0.29) is 0 Å². The predicted molar refractivity (Wildman–Crippen MR) is 67.9 cm³/mol. The van der Waals surface area contributed by atoms with Crippen molar-refractivity contribution in [1.29, 1.82) is 0 Å². The molecule has 0 saturated heterocycles. The van der Waals surface area contributed by atoms with Gasteiger partial charge in [-0.05, 0) is 23.8 Å². The Kier molecular flexibility index (Phi) is 2.74. The normalized spacial score (nSPS) is 11.9. The van der Waals surface area contributed by atoms with Crippen LogP contribution in [0.15, 0.2) is 42.0 Å². The smallest absolute Gasteiger partial charge is 0.251 e. The molecule has 0 unspecified atom stereocenters. The van der Waals surface area contributed by atoms with Gasteiger partial charge >= 0.3 is 6.18 Å². The summed E-state index contributed by atoms with van der Waals surface area (Å²) in [5, 5.41) is 0. The molecule has 0 radical (unpaired) electrons. The number of alkyl halides is 3. The van der Waals surface area contributed by atoms with Crippen molar-refractivity contribution in [2.75, 3.05) is 0 Å². The van der Waals surface area contributed by atoms with Gasteiger partial charge in [0.1, 0.15) is 5.69 Å². The van der Waals surface area contributed by atoms with Gasteiger partial charge in [-0.15, -0.1) is 11.3 Å². The minimum atomic E-state index is -4.41. The van der Waals surface area contributed by atoms with Crippen molar-refractivity contribution >= 4 is 21.6 Å². The number of pyridine rings is 1. The van der Waals surface area contributed by atoms with E-state index < -0.39 is 11.9 Å². The van der Waals surface area contributed by atoms with Gasteiger partial charge in [-0.3, -0.25) is 4.98 Å². The maximum atomic E-state index is 12.4. The predicted octanol–water partition coefficient (Wildman–Crippen LogP) is 4.38. The fraction of sp³-hybridized carbons (Fsp3) is 0.0769. The van der Waals surface area contributed by atoms with Crippen LogP contribution in [-0.2, 0) is 6.18 Å². The van der Waals surface area contributed by atoms with Crippen molar-refractivity contribution in [2.24, 2.45) is 0 Å². The van der Waals surface area contributed by atoms with Crippen molar-refractivity contribution < 1.29 is 13.2 Å². The van der Waals surface area contributed by atoms with Crippen LogP contribution in [0.5, 0.6) is 0 Å². The quantitative estimate of drug-likeness (QED) is 0.661. The second-order valence-electron chi connectivity index (χ2n) is 3.96. The van der Waals surface area contributed by atoms with Gasteiger partial charge < -0.3 is 0 Å². The molecule has 1 aromatic carbocycles. The SMILES string of the molecule is FC(F)(F)c1ccc(-c2ccc3scnc3c2)cn1. The van der Waals surface area contributed by atoms with Crippen LogP contribution in [-0.4, -0.2) is 9.97 Å². The third-order valence-corrected chi connectivity index (χ3v) is 3.53. The maximum absolute atomic E-state index is 12.4. The number of benzene rings is 1. The lowest BCUT2D eigenvalue weighted by Crippen LogP contribution is -2.07. The van der Waals surface area contributed by atoms with E-state index >= 15 is 0 Å². The summed E-state index contributed by atoms with van der Waals surface area (Å²) in [7, 11) is 0. The van der Waals surface area contributed by atoms with Crippen molar-refractivity contribution in [1.82, 2.24) is 9.97 Å². The summed E-state index contributed by atoms with van der Waals surface area (Å²) in [6, 6.07) is 8.00. The fourth-order valence-electron chi connectivity index (χ4n) is 1.77. The van der Waals surface area contributed by atoms with Crippen LogP contribution < -0.4 is 0 Å². The number of thiazole rings is 1. The Morgan fingerprint density at radius 1 is 0.947 bits per heavy atom. The molecule has 2 nitrogen and oxygen atoms in total. The molecular weight excluding hydrogens is 273 g/mol. The molecule has 0 aliphatic carbocycles. The molecule has 0 saturated carbocycles. The molecule has 0 aliphatic rings. The van der Waals surface area contributed by atoms with Gasteiger partial charge in [0, 0.05) is 11.8 Å². The molecule has 3 aromatic rings. The highest BCUT2D eigenvalue weighted by Gasteiger charge is 2.32. The highest BCUT2D eigenvalue weighted by Crippen LogP contribution is 2.30. The highest BCUT2D eigenvalue weighted by molar-refractivity contribution is 7.16. The lowest BCUT2D eigenvalue weighted by Gasteiger charge is -2.06. The topological polar surface area (TPSA) is 25.8 Å². The zero-order valence-corrected chi connectivity index (χ0v) is 10.3. The fourth-order valence-corrected chi connectivity index (χ4v) is 2.43. The van der Waals surface area contributed by atoms with E-state index in [4.69, 9.17) is 0 Å². The molecule has 96 valence electrons. The van der Waals surface area contributed by atoms with E-state index in [1.807, 2.05) is 18.2 Å². The van der Waals surface area contributed by atoms with E-state index in [0.717, 1.165) is 21.8 Å². The van der Waals surface area contributed by atoms with Crippen LogP contribution >= 0.6 is 11.3 Å². The van der Waals surface area contributed by atoms with Crippen LogP contribution in [0.1, 0.15) is 5.69 Å². The molecule has 3 rings (SSSR count). The van der Waals surface area contributed by atoms with Gasteiger partial charge in [-0.2, -0.15) is 13.2 Å². The zero-order chi connectivity index (χ0) is 13.5. The first-order chi connectivity index (χ1) is 9.04. The Morgan fingerprint density at radius 3 is 2.42 bits per heavy atom. The summed E-state index contributed by atoms with van der Waals surface area (Å²) in [4.78, 5) is 7.63. The third kappa shape index (κ3) is 2.31. The summed E-state index contributed by atoms with van der Waals surface area (Å²) in [6.45, 7) is 0. The Morgan fingerprint density at radius 2 is 1.74 bits per heavy atom. The Bertz CT molecular complexity index is 717. The first kappa shape index (κ1) is 12.1. The molecule has 0 atom stereocenters. The highest BCUT2D eigenvalue weighted by atomic mass is 32.1. The number of nitrogens with zero attached hydrogens (tertiary/aromatic N) is 2. The lowest BCUT2D eigenvalue weighted by atomic mass is 10.1. The molecule has 2 heterocycles. The standard InChI is InChI=1S/C13H7F3N2S/c14-13(15,16)12-4-2-9(6-17-12)8-1-3-11-10(5-8)18-7-19-11/h1-7H. The van der Waals surface area contributed by atoms with Gasteiger partial charge in [0.15, 0.2) is 0 Å². The molecule has 2 aromatic heterocycles. The molecule has 0 bridgehead atoms. The van der Waals surface area contributed by atoms with Crippen LogP contribution in [0, 0.1) is 0 Å². The molecule has 19 heavy (non-hydrogen) atoms. The lowest BCUT2D eigenvalue weighted by molar-refractivity contribution is -0.141. The van der Waals surface area contributed by atoms with E-state index in [1.54, 1.807) is 5.51 Å². The monoisotopic (exact) mass is 280 g/mol. The molecule has 0 aliphatic heterocycles. The molecule has 0 spiro atoms. The zero-order valence-electron chi connectivity index (χ0n) is 9.48. The van der Waals surface area contributed by atoms with Crippen LogP contribution in [0.25, 0.3) is 21.3 Å². The van der Waals surface area contributed by atoms with Gasteiger partial charge in [0.25, 0.3) is 0 Å². The summed E-state index contributed by atoms with van der Waals surface area (Å²) >= 11 is 1.52. The van der Waals surface area contributed by atoms with Crippen molar-refractivity contribution in [2.45, 2.75) is 6.18 Å². The molecule has 0 amide bonds. The second kappa shape index (κ2) is 4.31. The number of fused-ring (bicyclic) bond motifs is 1. The average Bonchev–Trinajstić information content (AvgIpc) is 2.85. The first-order valence-electron chi connectivity index (χ1n) is 5.41. The summed E-state index contributed by atoms with van der Waals surface area (Å²) in [5.41, 5.74) is 3.13. The molecule has 6 heteroatoms. The van der Waals surface area contributed by atoms with Crippen LogP contribution in [0.2, 0.25) is 0 Å². The van der Waals surface area contributed by atoms with Gasteiger partial charge in [0.05, 0.1) is 15.7 Å².